The molecule has 0 aliphatic heterocycles. The maximum atomic E-state index is 8.92. The van der Waals surface area contributed by atoms with Crippen molar-refractivity contribution in [1.82, 2.24) is 4.57 Å². The van der Waals surface area contributed by atoms with E-state index in [9.17, 15) is 0 Å². The molecule has 1 aromatic heterocycles. The van der Waals surface area contributed by atoms with Crippen LogP contribution in [0.15, 0.2) is 12.3 Å². The smallest absolute Gasteiger partial charge is 0.101 e. The number of aromatic nitrogens is 1. The van der Waals surface area contributed by atoms with E-state index in [0.29, 0.717) is 0 Å². The predicted octanol–water partition coefficient (Wildman–Crippen LogP) is 2.34. The van der Waals surface area contributed by atoms with Crippen molar-refractivity contribution < 1.29 is 0 Å². The molecule has 1 heterocycles. The molecule has 0 aromatic carbocycles. The highest BCUT2D eigenvalue weighted by Gasteiger charge is 2.14. The van der Waals surface area contributed by atoms with E-state index in [1.165, 1.54) is 11.3 Å². The van der Waals surface area contributed by atoms with Gasteiger partial charge in [-0.15, -0.1) is 0 Å². The third kappa shape index (κ3) is 1.17. The maximum absolute atomic E-state index is 8.92. The summed E-state index contributed by atoms with van der Waals surface area (Å²) in [4.78, 5) is 0. The van der Waals surface area contributed by atoms with E-state index < -0.39 is 0 Å². The molecule has 0 atom stereocenters. The third-order valence-electron chi connectivity index (χ3n) is 2.53. The van der Waals surface area contributed by atoms with Gasteiger partial charge in [-0.05, 0) is 31.4 Å². The standard InChI is InChI=1S/C11H12N2/c1-2-13-8-9(7-12)10-5-3-4-6-11(10)13/h4,6,8H,2-3,5H2,1H3. The Morgan fingerprint density at radius 3 is 3.15 bits per heavy atom. The summed E-state index contributed by atoms with van der Waals surface area (Å²) < 4.78 is 2.14. The van der Waals surface area contributed by atoms with Gasteiger partial charge in [-0.2, -0.15) is 5.26 Å². The molecule has 1 aromatic rings. The van der Waals surface area contributed by atoms with E-state index in [1.54, 1.807) is 0 Å². The van der Waals surface area contributed by atoms with E-state index in [0.717, 1.165) is 24.9 Å². The number of aryl methyl sites for hydroxylation is 1. The first-order valence-electron chi connectivity index (χ1n) is 4.65. The normalized spacial score (nSPS) is 13.8. The number of allylic oxidation sites excluding steroid dienone is 1. The van der Waals surface area contributed by atoms with Crippen LogP contribution in [-0.2, 0) is 13.0 Å². The minimum Gasteiger partial charge on any atom is -0.347 e. The van der Waals surface area contributed by atoms with Crippen LogP contribution in [0.1, 0.15) is 30.2 Å². The van der Waals surface area contributed by atoms with Crippen molar-refractivity contribution in [3.63, 3.8) is 0 Å². The first-order chi connectivity index (χ1) is 6.36. The Kier molecular flexibility index (Phi) is 1.94. The Hall–Kier alpha value is -1.49. The molecule has 0 N–H and O–H groups in total. The fourth-order valence-electron chi connectivity index (χ4n) is 1.85. The Bertz CT molecular complexity index is 391. The quantitative estimate of drug-likeness (QED) is 0.639. The molecule has 0 bridgehead atoms. The monoisotopic (exact) mass is 172 g/mol. The molecule has 2 heteroatoms. The van der Waals surface area contributed by atoms with Gasteiger partial charge >= 0.3 is 0 Å². The highest BCUT2D eigenvalue weighted by molar-refractivity contribution is 5.58. The number of nitrogens with zero attached hydrogens (tertiary/aromatic N) is 2. The number of fused-ring (bicyclic) bond motifs is 1. The average molecular weight is 172 g/mol. The molecule has 2 rings (SSSR count). The van der Waals surface area contributed by atoms with Crippen molar-refractivity contribution in [3.05, 3.63) is 29.1 Å². The Labute approximate surface area is 78.1 Å². The summed E-state index contributed by atoms with van der Waals surface area (Å²) in [6.45, 7) is 3.04. The SMILES string of the molecule is CCn1cc(C#N)c2c1C=CCC2. The molecule has 13 heavy (non-hydrogen) atoms. The van der Waals surface area contributed by atoms with E-state index in [4.69, 9.17) is 5.26 Å². The lowest BCUT2D eigenvalue weighted by Gasteiger charge is -2.08. The van der Waals surface area contributed by atoms with Crippen LogP contribution in [0.2, 0.25) is 0 Å². The number of nitriles is 1. The van der Waals surface area contributed by atoms with Crippen LogP contribution >= 0.6 is 0 Å². The van der Waals surface area contributed by atoms with Gasteiger partial charge in [-0.3, -0.25) is 0 Å². The van der Waals surface area contributed by atoms with Crippen molar-refractivity contribution in [2.75, 3.05) is 0 Å². The molecule has 2 nitrogen and oxygen atoms in total. The van der Waals surface area contributed by atoms with Crippen molar-refractivity contribution in [2.45, 2.75) is 26.3 Å². The van der Waals surface area contributed by atoms with Crippen molar-refractivity contribution in [2.24, 2.45) is 0 Å². The zero-order valence-corrected chi connectivity index (χ0v) is 7.75. The van der Waals surface area contributed by atoms with Gasteiger partial charge in [-0.1, -0.05) is 6.08 Å². The Balaban J connectivity index is 2.60. The van der Waals surface area contributed by atoms with Gasteiger partial charge in [0.1, 0.15) is 6.07 Å². The molecule has 0 amide bonds. The van der Waals surface area contributed by atoms with Gasteiger partial charge in [0.2, 0.25) is 0 Å². The summed E-state index contributed by atoms with van der Waals surface area (Å²) >= 11 is 0. The second kappa shape index (κ2) is 3.10. The van der Waals surface area contributed by atoms with E-state index in [2.05, 4.69) is 29.7 Å². The summed E-state index contributed by atoms with van der Waals surface area (Å²) in [6.07, 6.45) is 8.34. The fraction of sp³-hybridized carbons (Fsp3) is 0.364. The van der Waals surface area contributed by atoms with Gasteiger partial charge in [0.25, 0.3) is 0 Å². The predicted molar refractivity (Wildman–Crippen MR) is 52.2 cm³/mol. The van der Waals surface area contributed by atoms with Crippen LogP contribution in [0, 0.1) is 11.3 Å². The second-order valence-corrected chi connectivity index (χ2v) is 3.25. The molecule has 66 valence electrons. The van der Waals surface area contributed by atoms with Crippen LogP contribution in [0.25, 0.3) is 6.08 Å². The molecule has 0 radical (unpaired) electrons. The van der Waals surface area contributed by atoms with Crippen molar-refractivity contribution in [3.8, 4) is 6.07 Å². The maximum Gasteiger partial charge on any atom is 0.101 e. The zero-order valence-electron chi connectivity index (χ0n) is 7.75. The zero-order chi connectivity index (χ0) is 9.26. The largest absolute Gasteiger partial charge is 0.347 e. The van der Waals surface area contributed by atoms with Crippen LogP contribution in [-0.4, -0.2) is 4.57 Å². The van der Waals surface area contributed by atoms with Gasteiger partial charge in [0, 0.05) is 18.4 Å². The molecule has 1 aliphatic carbocycles. The highest BCUT2D eigenvalue weighted by atomic mass is 15.0. The molecular formula is C11H12N2. The van der Waals surface area contributed by atoms with Crippen LogP contribution in [0.3, 0.4) is 0 Å². The Morgan fingerprint density at radius 2 is 2.46 bits per heavy atom. The average Bonchev–Trinajstić information content (AvgIpc) is 2.56. The molecule has 0 saturated carbocycles. The fourth-order valence-corrected chi connectivity index (χ4v) is 1.85. The summed E-state index contributed by atoms with van der Waals surface area (Å²) in [5.41, 5.74) is 3.30. The topological polar surface area (TPSA) is 28.7 Å². The lowest BCUT2D eigenvalue weighted by Crippen LogP contribution is -1.99. The summed E-state index contributed by atoms with van der Waals surface area (Å²) in [6, 6.07) is 2.26. The third-order valence-corrected chi connectivity index (χ3v) is 2.53. The highest BCUT2D eigenvalue weighted by Crippen LogP contribution is 2.24. The lowest BCUT2D eigenvalue weighted by atomic mass is 10.0. The first-order valence-corrected chi connectivity index (χ1v) is 4.65. The van der Waals surface area contributed by atoms with Gasteiger partial charge < -0.3 is 4.57 Å². The van der Waals surface area contributed by atoms with E-state index >= 15 is 0 Å². The van der Waals surface area contributed by atoms with E-state index in [1.807, 2.05) is 6.20 Å². The van der Waals surface area contributed by atoms with Crippen LogP contribution < -0.4 is 0 Å². The minimum atomic E-state index is 0.848. The van der Waals surface area contributed by atoms with Gasteiger partial charge in [0.05, 0.1) is 5.56 Å². The van der Waals surface area contributed by atoms with Crippen LogP contribution in [0.5, 0.6) is 0 Å². The van der Waals surface area contributed by atoms with Gasteiger partial charge in [-0.25, -0.2) is 0 Å². The molecule has 1 aliphatic rings. The minimum absolute atomic E-state index is 0.848. The van der Waals surface area contributed by atoms with Crippen molar-refractivity contribution >= 4 is 6.08 Å². The van der Waals surface area contributed by atoms with Gasteiger partial charge in [0.15, 0.2) is 0 Å². The number of hydrogen-bond acceptors (Lipinski definition) is 1. The van der Waals surface area contributed by atoms with Crippen LogP contribution in [0.4, 0.5) is 0 Å². The van der Waals surface area contributed by atoms with Crippen molar-refractivity contribution in [1.29, 1.82) is 5.26 Å². The lowest BCUT2D eigenvalue weighted by molar-refractivity contribution is 0.753. The summed E-state index contributed by atoms with van der Waals surface area (Å²) in [7, 11) is 0. The Morgan fingerprint density at radius 1 is 1.62 bits per heavy atom. The number of rotatable bonds is 1. The molecular weight excluding hydrogens is 160 g/mol. The first kappa shape index (κ1) is 8.12. The number of hydrogen-bond donors (Lipinski definition) is 0. The molecule has 0 spiro atoms. The molecule has 0 unspecified atom stereocenters. The summed E-state index contributed by atoms with van der Waals surface area (Å²) in [5, 5.41) is 8.92. The summed E-state index contributed by atoms with van der Waals surface area (Å²) in [5.74, 6) is 0. The molecule has 0 saturated heterocycles. The second-order valence-electron chi connectivity index (χ2n) is 3.25. The molecule has 0 fully saturated rings. The van der Waals surface area contributed by atoms with E-state index in [-0.39, 0.29) is 0 Å².